The third-order valence-corrected chi connectivity index (χ3v) is 4.13. The fourth-order valence-corrected chi connectivity index (χ4v) is 2.61. The summed E-state index contributed by atoms with van der Waals surface area (Å²) in [6, 6.07) is 23.7. The average molecular weight is 518 g/mol. The molecule has 2 aromatic carbocycles. The van der Waals surface area contributed by atoms with Crippen LogP contribution < -0.4 is 20.1 Å². The van der Waals surface area contributed by atoms with Crippen LogP contribution in [0.15, 0.2) is 84.0 Å². The summed E-state index contributed by atoms with van der Waals surface area (Å²) in [4.78, 5) is 8.59. The predicted molar refractivity (Wildman–Crippen MR) is 131 cm³/mol. The Hall–Kier alpha value is -2.81. The van der Waals surface area contributed by atoms with Gasteiger partial charge in [0.05, 0.1) is 0 Å². The van der Waals surface area contributed by atoms with Crippen molar-refractivity contribution in [2.45, 2.75) is 13.1 Å². The zero-order chi connectivity index (χ0) is 20.2. The summed E-state index contributed by atoms with van der Waals surface area (Å²) in [5.74, 6) is 2.16. The molecule has 0 radical (unpaired) electrons. The molecule has 0 saturated heterocycles. The van der Waals surface area contributed by atoms with E-state index in [1.807, 2.05) is 60.7 Å². The van der Waals surface area contributed by atoms with Crippen LogP contribution in [0.1, 0.15) is 11.1 Å². The Labute approximate surface area is 194 Å². The Bertz CT molecular complexity index is 875. The molecule has 1 heterocycles. The number of aromatic nitrogens is 1. The highest BCUT2D eigenvalue weighted by Crippen LogP contribution is 2.10. The Morgan fingerprint density at radius 3 is 2.07 bits per heavy atom. The van der Waals surface area contributed by atoms with Gasteiger partial charge in [-0.3, -0.25) is 4.99 Å². The molecule has 158 valence electrons. The van der Waals surface area contributed by atoms with Crippen LogP contribution >= 0.6 is 24.0 Å². The van der Waals surface area contributed by atoms with Gasteiger partial charge in [-0.2, -0.15) is 0 Å². The molecule has 3 rings (SSSR count). The molecule has 0 aliphatic rings. The number of aliphatic imine (C=N–C) groups is 1. The lowest BCUT2D eigenvalue weighted by Crippen LogP contribution is -2.36. The summed E-state index contributed by atoms with van der Waals surface area (Å²) >= 11 is 0. The third kappa shape index (κ3) is 8.28. The highest BCUT2D eigenvalue weighted by Gasteiger charge is 2.01. The topological polar surface area (TPSA) is 67.8 Å². The van der Waals surface area contributed by atoms with E-state index >= 15 is 0 Å². The predicted octanol–water partition coefficient (Wildman–Crippen LogP) is 4.02. The number of nitrogens with one attached hydrogen (secondary N) is 2. The van der Waals surface area contributed by atoms with Gasteiger partial charge in [0, 0.05) is 32.4 Å². The Kier molecular flexibility index (Phi) is 10.5. The van der Waals surface area contributed by atoms with Crippen LogP contribution in [0.25, 0.3) is 0 Å². The third-order valence-electron chi connectivity index (χ3n) is 4.13. The number of hydrogen-bond acceptors (Lipinski definition) is 4. The van der Waals surface area contributed by atoms with E-state index in [1.165, 1.54) is 5.56 Å². The number of nitrogens with zero attached hydrogens (tertiary/aromatic N) is 2. The van der Waals surface area contributed by atoms with Crippen molar-refractivity contribution in [2.75, 3.05) is 20.3 Å². The second kappa shape index (κ2) is 13.4. The summed E-state index contributed by atoms with van der Waals surface area (Å²) in [5.41, 5.74) is 2.25. The largest absolute Gasteiger partial charge is 0.490 e. The maximum Gasteiger partial charge on any atom is 0.213 e. The van der Waals surface area contributed by atoms with Crippen LogP contribution in [0.3, 0.4) is 0 Å². The first-order valence-corrected chi connectivity index (χ1v) is 9.57. The monoisotopic (exact) mass is 518 g/mol. The van der Waals surface area contributed by atoms with Crippen LogP contribution in [0, 0.1) is 0 Å². The molecular formula is C23H27IN4O2. The SMILES string of the molecule is CN=C(NCc1ccccc1)NCc1ccc(OCCOc2ccccc2)nc1.I. The van der Waals surface area contributed by atoms with Crippen molar-refractivity contribution in [3.05, 3.63) is 90.1 Å². The van der Waals surface area contributed by atoms with Crippen molar-refractivity contribution in [3.8, 4) is 11.6 Å². The molecule has 0 atom stereocenters. The van der Waals surface area contributed by atoms with Gasteiger partial charge < -0.3 is 20.1 Å². The van der Waals surface area contributed by atoms with Gasteiger partial charge in [-0.15, -0.1) is 24.0 Å². The number of pyridine rings is 1. The lowest BCUT2D eigenvalue weighted by Gasteiger charge is -2.12. The lowest BCUT2D eigenvalue weighted by atomic mass is 10.2. The zero-order valence-corrected chi connectivity index (χ0v) is 19.3. The van der Waals surface area contributed by atoms with Crippen LogP contribution in [0.5, 0.6) is 11.6 Å². The first kappa shape index (κ1) is 23.5. The summed E-state index contributed by atoms with van der Waals surface area (Å²) < 4.78 is 11.2. The normalized spacial score (nSPS) is 10.6. The molecule has 3 aromatic rings. The smallest absolute Gasteiger partial charge is 0.213 e. The van der Waals surface area contributed by atoms with Gasteiger partial charge in [0.25, 0.3) is 0 Å². The second-order valence-electron chi connectivity index (χ2n) is 6.28. The van der Waals surface area contributed by atoms with Crippen molar-refractivity contribution in [1.82, 2.24) is 15.6 Å². The number of guanidine groups is 1. The molecule has 0 aliphatic carbocycles. The van der Waals surface area contributed by atoms with E-state index in [4.69, 9.17) is 9.47 Å². The quantitative estimate of drug-likeness (QED) is 0.194. The first-order valence-electron chi connectivity index (χ1n) is 9.57. The maximum atomic E-state index is 5.62. The Morgan fingerprint density at radius 2 is 1.43 bits per heavy atom. The minimum atomic E-state index is 0. The average Bonchev–Trinajstić information content (AvgIpc) is 2.79. The van der Waals surface area contributed by atoms with E-state index in [2.05, 4.69) is 32.7 Å². The number of rotatable bonds is 9. The molecular weight excluding hydrogens is 491 g/mol. The number of hydrogen-bond donors (Lipinski definition) is 2. The van der Waals surface area contributed by atoms with E-state index in [0.29, 0.717) is 25.6 Å². The van der Waals surface area contributed by atoms with Crippen LogP contribution in [-0.2, 0) is 13.1 Å². The minimum Gasteiger partial charge on any atom is -0.490 e. The molecule has 2 N–H and O–H groups in total. The van der Waals surface area contributed by atoms with Crippen molar-refractivity contribution in [1.29, 1.82) is 0 Å². The van der Waals surface area contributed by atoms with Crippen LogP contribution in [0.2, 0.25) is 0 Å². The fraction of sp³-hybridized carbons (Fsp3) is 0.217. The lowest BCUT2D eigenvalue weighted by molar-refractivity contribution is 0.212. The van der Waals surface area contributed by atoms with E-state index in [9.17, 15) is 0 Å². The van der Waals surface area contributed by atoms with Crippen LogP contribution in [0.4, 0.5) is 0 Å². The van der Waals surface area contributed by atoms with Crippen LogP contribution in [-0.4, -0.2) is 31.2 Å². The van der Waals surface area contributed by atoms with Gasteiger partial charge in [-0.05, 0) is 23.3 Å². The zero-order valence-electron chi connectivity index (χ0n) is 17.0. The van der Waals surface area contributed by atoms with Crippen molar-refractivity contribution >= 4 is 29.9 Å². The molecule has 0 spiro atoms. The minimum absolute atomic E-state index is 0. The number of ether oxygens (including phenoxy) is 2. The number of benzene rings is 2. The molecule has 7 heteroatoms. The van der Waals surface area contributed by atoms with Gasteiger partial charge in [-0.1, -0.05) is 54.6 Å². The molecule has 30 heavy (non-hydrogen) atoms. The highest BCUT2D eigenvalue weighted by atomic mass is 127. The molecule has 0 unspecified atom stereocenters. The molecule has 0 fully saturated rings. The summed E-state index contributed by atoms with van der Waals surface area (Å²) in [7, 11) is 1.76. The summed E-state index contributed by atoms with van der Waals surface area (Å²) in [6.07, 6.45) is 1.80. The molecule has 0 amide bonds. The van der Waals surface area contributed by atoms with Gasteiger partial charge in [0.15, 0.2) is 5.96 Å². The summed E-state index contributed by atoms with van der Waals surface area (Å²) in [5, 5.41) is 6.58. The Morgan fingerprint density at radius 1 is 0.800 bits per heavy atom. The van der Waals surface area contributed by atoms with E-state index < -0.39 is 0 Å². The van der Waals surface area contributed by atoms with Crippen molar-refractivity contribution < 1.29 is 9.47 Å². The van der Waals surface area contributed by atoms with Crippen molar-refractivity contribution in [2.24, 2.45) is 4.99 Å². The fourth-order valence-electron chi connectivity index (χ4n) is 2.61. The molecule has 0 bridgehead atoms. The Balaban J connectivity index is 0.00000320. The van der Waals surface area contributed by atoms with E-state index in [1.54, 1.807) is 13.2 Å². The van der Waals surface area contributed by atoms with E-state index in [0.717, 1.165) is 23.8 Å². The molecule has 6 nitrogen and oxygen atoms in total. The molecule has 0 saturated carbocycles. The first-order chi connectivity index (χ1) is 14.3. The van der Waals surface area contributed by atoms with Gasteiger partial charge in [0.2, 0.25) is 5.88 Å². The number of halogens is 1. The maximum absolute atomic E-state index is 5.62. The second-order valence-corrected chi connectivity index (χ2v) is 6.28. The standard InChI is InChI=1S/C23H26N4O2.HI/c1-24-23(26-16-19-8-4-2-5-9-19)27-18-20-12-13-22(25-17-20)29-15-14-28-21-10-6-3-7-11-21;/h2-13,17H,14-16,18H2,1H3,(H2,24,26,27);1H. The van der Waals surface area contributed by atoms with Gasteiger partial charge in [-0.25, -0.2) is 4.98 Å². The molecule has 1 aromatic heterocycles. The van der Waals surface area contributed by atoms with E-state index in [-0.39, 0.29) is 24.0 Å². The van der Waals surface area contributed by atoms with Gasteiger partial charge in [0.1, 0.15) is 19.0 Å². The number of para-hydroxylation sites is 1. The molecule has 0 aliphatic heterocycles. The van der Waals surface area contributed by atoms with Crippen molar-refractivity contribution in [3.63, 3.8) is 0 Å². The highest BCUT2D eigenvalue weighted by molar-refractivity contribution is 14.0. The summed E-state index contributed by atoms with van der Waals surface area (Å²) in [6.45, 7) is 2.25. The van der Waals surface area contributed by atoms with Gasteiger partial charge >= 0.3 is 0 Å².